The number of nitrogens with zero attached hydrogens (tertiary/aromatic N) is 5. The van der Waals surface area contributed by atoms with Gasteiger partial charge >= 0.3 is 11.7 Å². The van der Waals surface area contributed by atoms with E-state index in [9.17, 15) is 14.4 Å². The fourth-order valence-electron chi connectivity index (χ4n) is 3.58. The molecule has 0 unspecified atom stereocenters. The number of aromatic nitrogens is 4. The van der Waals surface area contributed by atoms with Crippen molar-refractivity contribution in [2.75, 3.05) is 38.2 Å². The summed E-state index contributed by atoms with van der Waals surface area (Å²) in [6, 6.07) is 7.10. The quantitative estimate of drug-likeness (QED) is 0.584. The van der Waals surface area contributed by atoms with Crippen molar-refractivity contribution in [1.29, 1.82) is 0 Å². The number of rotatable bonds is 4. The molecule has 0 bridgehead atoms. The zero-order chi connectivity index (χ0) is 21.4. The monoisotopic (exact) mass is 432 g/mol. The lowest BCUT2D eigenvalue weighted by atomic mass is 10.3. The molecular formula is C19H21ClN6O4. The van der Waals surface area contributed by atoms with E-state index in [1.54, 1.807) is 22.8 Å². The van der Waals surface area contributed by atoms with E-state index in [2.05, 4.69) is 15.0 Å². The fraction of sp³-hybridized carbons (Fsp3) is 0.368. The topological polar surface area (TPSA) is 103 Å². The van der Waals surface area contributed by atoms with Crippen LogP contribution in [0, 0.1) is 0 Å². The molecule has 0 spiro atoms. The average Bonchev–Trinajstić information content (AvgIpc) is 3.16. The van der Waals surface area contributed by atoms with Gasteiger partial charge in [-0.1, -0.05) is 23.7 Å². The predicted octanol–water partition coefficient (Wildman–Crippen LogP) is 0.122. The van der Waals surface area contributed by atoms with Crippen molar-refractivity contribution >= 4 is 34.7 Å². The molecule has 30 heavy (non-hydrogen) atoms. The van der Waals surface area contributed by atoms with Crippen molar-refractivity contribution in [3.8, 4) is 5.69 Å². The van der Waals surface area contributed by atoms with Crippen molar-refractivity contribution in [2.24, 2.45) is 7.05 Å². The van der Waals surface area contributed by atoms with Crippen molar-refractivity contribution in [2.45, 2.75) is 6.54 Å². The van der Waals surface area contributed by atoms with Gasteiger partial charge in [0, 0.05) is 33.2 Å². The van der Waals surface area contributed by atoms with E-state index in [4.69, 9.17) is 11.6 Å². The largest absolute Gasteiger partial charge is 0.468 e. The van der Waals surface area contributed by atoms with Gasteiger partial charge in [0.25, 0.3) is 5.56 Å². The summed E-state index contributed by atoms with van der Waals surface area (Å²) in [7, 11) is 2.72. The number of nitrogens with one attached hydrogen (secondary N) is 1. The summed E-state index contributed by atoms with van der Waals surface area (Å²) in [6.45, 7) is 2.39. The Morgan fingerprint density at radius 2 is 1.93 bits per heavy atom. The number of methoxy groups -OCH3 is 1. The highest BCUT2D eigenvalue weighted by atomic mass is 35.5. The maximum atomic E-state index is 13.4. The van der Waals surface area contributed by atoms with Crippen LogP contribution in [0.4, 0.5) is 5.95 Å². The average molecular weight is 433 g/mol. The first-order chi connectivity index (χ1) is 14.4. The molecule has 0 aliphatic carbocycles. The molecule has 10 nitrogen and oxygen atoms in total. The number of carbonyl (C=O) groups is 1. The summed E-state index contributed by atoms with van der Waals surface area (Å²) in [5.74, 6) is -0.179. The first-order valence-electron chi connectivity index (χ1n) is 9.43. The normalized spacial score (nSPS) is 14.3. The molecule has 1 saturated heterocycles. The summed E-state index contributed by atoms with van der Waals surface area (Å²) in [5, 5.41) is 3.71. The first kappa shape index (κ1) is 20.2. The highest BCUT2D eigenvalue weighted by Crippen LogP contribution is 2.29. The Morgan fingerprint density at radius 3 is 2.60 bits per heavy atom. The lowest BCUT2D eigenvalue weighted by Gasteiger charge is -2.28. The van der Waals surface area contributed by atoms with Gasteiger partial charge in [0.15, 0.2) is 11.2 Å². The summed E-state index contributed by atoms with van der Waals surface area (Å²) in [4.78, 5) is 44.6. The van der Waals surface area contributed by atoms with Crippen LogP contribution in [0.25, 0.3) is 16.9 Å². The van der Waals surface area contributed by atoms with E-state index in [1.807, 2.05) is 11.0 Å². The van der Waals surface area contributed by atoms with Crippen LogP contribution < -0.4 is 21.5 Å². The van der Waals surface area contributed by atoms with Gasteiger partial charge in [-0.3, -0.25) is 18.7 Å². The summed E-state index contributed by atoms with van der Waals surface area (Å²) < 4.78 is 8.42. The van der Waals surface area contributed by atoms with Gasteiger partial charge in [0.05, 0.1) is 17.8 Å². The molecule has 4 rings (SSSR count). The van der Waals surface area contributed by atoms with Crippen molar-refractivity contribution in [1.82, 2.24) is 24.0 Å². The minimum absolute atomic E-state index is 0.169. The van der Waals surface area contributed by atoms with E-state index in [0.29, 0.717) is 29.7 Å². The van der Waals surface area contributed by atoms with E-state index in [0.717, 1.165) is 17.7 Å². The molecular weight excluding hydrogens is 412 g/mol. The number of imidazole rings is 1. The smallest absolute Gasteiger partial charge is 0.333 e. The van der Waals surface area contributed by atoms with Crippen LogP contribution in [0.2, 0.25) is 5.02 Å². The molecule has 158 valence electrons. The zero-order valence-corrected chi connectivity index (χ0v) is 17.3. The number of piperazine rings is 1. The van der Waals surface area contributed by atoms with Crippen LogP contribution in [0.1, 0.15) is 0 Å². The summed E-state index contributed by atoms with van der Waals surface area (Å²) in [6.07, 6.45) is 0. The molecule has 0 radical (unpaired) electrons. The second kappa shape index (κ2) is 7.96. The van der Waals surface area contributed by atoms with Crippen LogP contribution in [-0.2, 0) is 23.1 Å². The summed E-state index contributed by atoms with van der Waals surface area (Å²) in [5.41, 5.74) is -0.321. The van der Waals surface area contributed by atoms with Gasteiger partial charge in [-0.05, 0) is 12.1 Å². The number of para-hydroxylation sites is 1. The minimum Gasteiger partial charge on any atom is -0.468 e. The number of hydrogen-bond donors (Lipinski definition) is 1. The second-order valence-corrected chi connectivity index (χ2v) is 7.32. The zero-order valence-electron chi connectivity index (χ0n) is 16.6. The third-order valence-corrected chi connectivity index (χ3v) is 5.45. The molecule has 0 atom stereocenters. The van der Waals surface area contributed by atoms with E-state index in [1.165, 1.54) is 18.7 Å². The standard InChI is InChI=1S/C19H21ClN6O4/c1-23-16-15(17(28)25(19(23)29)11-14(27)30-2)26(13-6-4-3-5-12(13)20)18(22-16)24-9-7-21-8-10-24/h3-6,21H,7-11H2,1-2H3. The number of anilines is 1. The molecule has 1 aliphatic heterocycles. The van der Waals surface area contributed by atoms with Gasteiger partial charge < -0.3 is 15.0 Å². The number of halogens is 1. The highest BCUT2D eigenvalue weighted by molar-refractivity contribution is 6.32. The van der Waals surface area contributed by atoms with E-state index < -0.39 is 23.8 Å². The maximum absolute atomic E-state index is 13.4. The molecule has 3 aromatic rings. The second-order valence-electron chi connectivity index (χ2n) is 6.92. The van der Waals surface area contributed by atoms with Crippen LogP contribution in [0.15, 0.2) is 33.9 Å². The Balaban J connectivity index is 2.09. The lowest BCUT2D eigenvalue weighted by Crippen LogP contribution is -2.44. The predicted molar refractivity (Wildman–Crippen MR) is 113 cm³/mol. The van der Waals surface area contributed by atoms with Crippen LogP contribution >= 0.6 is 11.6 Å². The fourth-order valence-corrected chi connectivity index (χ4v) is 3.80. The molecule has 11 heteroatoms. The third-order valence-electron chi connectivity index (χ3n) is 5.13. The highest BCUT2D eigenvalue weighted by Gasteiger charge is 2.26. The number of esters is 1. The molecule has 0 saturated carbocycles. The Kier molecular flexibility index (Phi) is 5.35. The van der Waals surface area contributed by atoms with Crippen LogP contribution in [0.3, 0.4) is 0 Å². The Labute approximate surface area is 176 Å². The minimum atomic E-state index is -0.695. The van der Waals surface area contributed by atoms with Gasteiger partial charge in [-0.25, -0.2) is 9.36 Å². The van der Waals surface area contributed by atoms with Crippen molar-refractivity contribution in [3.05, 3.63) is 50.1 Å². The van der Waals surface area contributed by atoms with Crippen LogP contribution in [0.5, 0.6) is 0 Å². The van der Waals surface area contributed by atoms with Gasteiger partial charge in [-0.15, -0.1) is 0 Å². The van der Waals surface area contributed by atoms with Crippen molar-refractivity contribution in [3.63, 3.8) is 0 Å². The SMILES string of the molecule is COC(=O)Cn1c(=O)c2c(nc(N3CCNCC3)n2-c2ccccc2Cl)n(C)c1=O. The number of aryl methyl sites for hydroxylation is 1. The maximum Gasteiger partial charge on any atom is 0.333 e. The number of ether oxygens (including phenoxy) is 1. The van der Waals surface area contributed by atoms with Crippen LogP contribution in [-0.4, -0.2) is 57.9 Å². The Hall–Kier alpha value is -3.11. The molecule has 1 aliphatic rings. The number of fused-ring (bicyclic) bond motifs is 1. The molecule has 1 fully saturated rings. The van der Waals surface area contributed by atoms with Crippen molar-refractivity contribution < 1.29 is 9.53 Å². The first-order valence-corrected chi connectivity index (χ1v) is 9.81. The Bertz CT molecular complexity index is 1240. The lowest BCUT2D eigenvalue weighted by molar-refractivity contribution is -0.141. The molecule has 3 heterocycles. The number of benzene rings is 1. The van der Waals surface area contributed by atoms with E-state index >= 15 is 0 Å². The van der Waals surface area contributed by atoms with Gasteiger partial charge in [0.2, 0.25) is 5.95 Å². The Morgan fingerprint density at radius 1 is 1.23 bits per heavy atom. The van der Waals surface area contributed by atoms with Gasteiger partial charge in [-0.2, -0.15) is 4.98 Å². The molecule has 0 amide bonds. The molecule has 2 aromatic heterocycles. The van der Waals surface area contributed by atoms with E-state index in [-0.39, 0.29) is 11.2 Å². The van der Waals surface area contributed by atoms with Gasteiger partial charge in [0.1, 0.15) is 6.54 Å². The third kappa shape index (κ3) is 3.27. The molecule has 1 N–H and O–H groups in total. The summed E-state index contributed by atoms with van der Waals surface area (Å²) >= 11 is 6.47. The number of hydrogen-bond acceptors (Lipinski definition) is 7. The molecule has 1 aromatic carbocycles. The number of carbonyl (C=O) groups excluding carboxylic acids is 1.